The summed E-state index contributed by atoms with van der Waals surface area (Å²) in [6, 6.07) is 6.45. The van der Waals surface area contributed by atoms with Gasteiger partial charge in [-0.1, -0.05) is 51.1 Å². The van der Waals surface area contributed by atoms with Crippen LogP contribution in [0.5, 0.6) is 0 Å². The second kappa shape index (κ2) is 12.8. The molecule has 1 aromatic heterocycles. The minimum absolute atomic E-state index is 0.000434. The molecule has 0 aliphatic carbocycles. The molecule has 0 aliphatic rings. The van der Waals surface area contributed by atoms with Crippen LogP contribution in [-0.2, 0) is 20.7 Å². The summed E-state index contributed by atoms with van der Waals surface area (Å²) in [4.78, 5) is 28.9. The van der Waals surface area contributed by atoms with Crippen molar-refractivity contribution in [2.75, 3.05) is 20.3 Å². The van der Waals surface area contributed by atoms with Gasteiger partial charge in [-0.3, -0.25) is 9.59 Å². The van der Waals surface area contributed by atoms with Gasteiger partial charge in [-0.15, -0.1) is 0 Å². The number of hydrogen-bond donors (Lipinski definition) is 7. The second-order valence-corrected chi connectivity index (χ2v) is 9.49. The number of aliphatic hydroxyl groups excluding tert-OH is 4. The second-order valence-electron chi connectivity index (χ2n) is 9.49. The normalized spacial score (nSPS) is 16.6. The molecule has 1 aromatic carbocycles. The highest BCUT2D eigenvalue weighted by Crippen LogP contribution is 2.20. The zero-order valence-electron chi connectivity index (χ0n) is 20.6. The molecule has 0 saturated carbocycles. The lowest BCUT2D eigenvalue weighted by atomic mass is 9.94. The van der Waals surface area contributed by atoms with Gasteiger partial charge in [0.2, 0.25) is 5.91 Å². The Labute approximate surface area is 205 Å². The average molecular weight is 492 g/mol. The van der Waals surface area contributed by atoms with E-state index < -0.39 is 42.3 Å². The molecule has 0 spiro atoms. The van der Waals surface area contributed by atoms with E-state index in [1.54, 1.807) is 12.3 Å². The van der Waals surface area contributed by atoms with Crippen LogP contribution in [0.1, 0.15) is 26.3 Å². The number of aliphatic hydroxyl groups is 4. The molecule has 2 amide bonds. The number of fused-ring (bicyclic) bond motifs is 1. The van der Waals surface area contributed by atoms with Crippen LogP contribution in [0.25, 0.3) is 10.9 Å². The van der Waals surface area contributed by atoms with Crippen LogP contribution in [0.2, 0.25) is 0 Å². The van der Waals surface area contributed by atoms with Crippen molar-refractivity contribution in [3.63, 3.8) is 0 Å². The molecular weight excluding hydrogens is 454 g/mol. The van der Waals surface area contributed by atoms with Gasteiger partial charge >= 0.3 is 0 Å². The van der Waals surface area contributed by atoms with Gasteiger partial charge in [0.05, 0.1) is 6.61 Å². The van der Waals surface area contributed by atoms with E-state index in [1.807, 2.05) is 45.0 Å². The number of hydrogen-bond acceptors (Lipinski definition) is 7. The van der Waals surface area contributed by atoms with Crippen LogP contribution in [0.4, 0.5) is 0 Å². The van der Waals surface area contributed by atoms with Crippen LogP contribution in [-0.4, -0.2) is 87.9 Å². The fourth-order valence-corrected chi connectivity index (χ4v) is 3.57. The lowest BCUT2D eigenvalue weighted by Gasteiger charge is -2.28. The number of para-hydroxylation sites is 1. The first-order chi connectivity index (χ1) is 16.5. The predicted octanol–water partition coefficient (Wildman–Crippen LogP) is 0.00370. The zero-order chi connectivity index (χ0) is 26.2. The smallest absolute Gasteiger partial charge is 0.252 e. The largest absolute Gasteiger partial charge is 0.395 e. The number of benzene rings is 1. The lowest BCUT2D eigenvalue weighted by Crippen LogP contribution is -2.56. The highest BCUT2D eigenvalue weighted by molar-refractivity contribution is 5.91. The van der Waals surface area contributed by atoms with Gasteiger partial charge in [0.15, 0.2) is 6.10 Å². The first-order valence-electron chi connectivity index (χ1n) is 11.5. The fraction of sp³-hybridized carbons (Fsp3) is 0.520. The van der Waals surface area contributed by atoms with Crippen molar-refractivity contribution in [1.82, 2.24) is 15.6 Å². The summed E-state index contributed by atoms with van der Waals surface area (Å²) in [7, 11) is 1.18. The van der Waals surface area contributed by atoms with Crippen LogP contribution in [0.3, 0.4) is 0 Å². The topological polar surface area (TPSA) is 164 Å². The Morgan fingerprint density at radius 1 is 1.11 bits per heavy atom. The van der Waals surface area contributed by atoms with Crippen LogP contribution in [0.15, 0.2) is 42.6 Å². The maximum absolute atomic E-state index is 13.0. The number of allylic oxidation sites excluding steroid dienone is 1. The Kier molecular flexibility index (Phi) is 10.4. The van der Waals surface area contributed by atoms with Gasteiger partial charge in [-0.2, -0.15) is 0 Å². The van der Waals surface area contributed by atoms with E-state index >= 15 is 0 Å². The molecule has 0 unspecified atom stereocenters. The monoisotopic (exact) mass is 491 g/mol. The predicted molar refractivity (Wildman–Crippen MR) is 131 cm³/mol. The third-order valence-electron chi connectivity index (χ3n) is 5.46. The molecule has 35 heavy (non-hydrogen) atoms. The standard InChI is InChI=1S/C25H37N3O7/c1-25(2,3)10-9-19(30)20(31)21(32)22(35-4)24(34)28-18(23(33)26-11-12-29)13-15-14-27-17-8-6-5-7-16(15)17/h5-10,14,18-22,27,29-32H,11-13H2,1-4H3,(H,26,33)(H,28,34)/b10-9+/t18-,19+,20-,21+,22+/m0/s1. The SMILES string of the molecule is CO[C@@H](C(=O)N[C@@H](Cc1c[nH]c2ccccc12)C(=O)NCCO)[C@H](O)[C@@H](O)[C@H](O)/C=C/C(C)(C)C. The Bertz CT molecular complexity index is 998. The maximum atomic E-state index is 13.0. The molecule has 2 aromatic rings. The number of aromatic nitrogens is 1. The van der Waals surface area contributed by atoms with Crippen LogP contribution >= 0.6 is 0 Å². The van der Waals surface area contributed by atoms with Crippen molar-refractivity contribution in [1.29, 1.82) is 0 Å². The van der Waals surface area contributed by atoms with E-state index in [0.717, 1.165) is 16.5 Å². The third kappa shape index (κ3) is 8.15. The van der Waals surface area contributed by atoms with Gasteiger partial charge in [0, 0.05) is 37.2 Å². The molecule has 7 N–H and O–H groups in total. The van der Waals surface area contributed by atoms with E-state index in [4.69, 9.17) is 9.84 Å². The molecule has 10 heteroatoms. The Balaban J connectivity index is 2.19. The summed E-state index contributed by atoms with van der Waals surface area (Å²) in [5.41, 5.74) is 1.39. The Morgan fingerprint density at radius 3 is 2.43 bits per heavy atom. The first kappa shape index (κ1) is 28.5. The van der Waals surface area contributed by atoms with E-state index in [2.05, 4.69) is 15.6 Å². The molecule has 0 fully saturated rings. The Hall–Kier alpha value is -2.76. The van der Waals surface area contributed by atoms with E-state index in [-0.39, 0.29) is 25.0 Å². The van der Waals surface area contributed by atoms with Crippen LogP contribution < -0.4 is 10.6 Å². The number of nitrogens with one attached hydrogen (secondary N) is 3. The van der Waals surface area contributed by atoms with E-state index in [1.165, 1.54) is 13.2 Å². The zero-order valence-corrected chi connectivity index (χ0v) is 20.6. The molecule has 194 valence electrons. The minimum Gasteiger partial charge on any atom is -0.395 e. The summed E-state index contributed by atoms with van der Waals surface area (Å²) in [6.45, 7) is 5.44. The Morgan fingerprint density at radius 2 is 1.80 bits per heavy atom. The maximum Gasteiger partial charge on any atom is 0.252 e. The van der Waals surface area contributed by atoms with Crippen LogP contribution in [0, 0.1) is 5.41 Å². The van der Waals surface area contributed by atoms with E-state index in [0.29, 0.717) is 0 Å². The number of carbonyl (C=O) groups is 2. The highest BCUT2D eigenvalue weighted by Gasteiger charge is 2.37. The van der Waals surface area contributed by atoms with Crippen molar-refractivity contribution >= 4 is 22.7 Å². The van der Waals surface area contributed by atoms with Gasteiger partial charge < -0.3 is 40.8 Å². The summed E-state index contributed by atoms with van der Waals surface area (Å²) >= 11 is 0. The molecule has 0 aliphatic heterocycles. The van der Waals surface area contributed by atoms with Gasteiger partial charge in [0.1, 0.15) is 24.4 Å². The van der Waals surface area contributed by atoms with Crippen molar-refractivity contribution in [2.24, 2.45) is 5.41 Å². The third-order valence-corrected chi connectivity index (χ3v) is 5.46. The highest BCUT2D eigenvalue weighted by atomic mass is 16.5. The van der Waals surface area contributed by atoms with Crippen molar-refractivity contribution in [2.45, 2.75) is 57.6 Å². The van der Waals surface area contributed by atoms with Gasteiger partial charge in [-0.25, -0.2) is 0 Å². The molecule has 2 rings (SSSR count). The van der Waals surface area contributed by atoms with Crippen molar-refractivity contribution in [3.8, 4) is 0 Å². The van der Waals surface area contributed by atoms with Crippen molar-refractivity contribution in [3.05, 3.63) is 48.2 Å². The summed E-state index contributed by atoms with van der Waals surface area (Å²) in [5, 5.41) is 46.3. The number of carbonyl (C=O) groups excluding carboxylic acids is 2. The molecule has 0 saturated heterocycles. The lowest BCUT2D eigenvalue weighted by molar-refractivity contribution is -0.150. The quantitative estimate of drug-likeness (QED) is 0.205. The number of rotatable bonds is 12. The number of H-pyrrole nitrogens is 1. The molecule has 10 nitrogen and oxygen atoms in total. The fourth-order valence-electron chi connectivity index (χ4n) is 3.57. The molecule has 0 radical (unpaired) electrons. The average Bonchev–Trinajstić information content (AvgIpc) is 3.22. The molecule has 5 atom stereocenters. The summed E-state index contributed by atoms with van der Waals surface area (Å²) in [6.07, 6.45) is -1.58. The number of methoxy groups -OCH3 is 1. The number of amides is 2. The van der Waals surface area contributed by atoms with Gasteiger partial charge in [-0.05, 0) is 17.0 Å². The minimum atomic E-state index is -1.77. The number of ether oxygens (including phenoxy) is 1. The summed E-state index contributed by atoms with van der Waals surface area (Å²) < 4.78 is 5.12. The number of aromatic amines is 1. The molecule has 0 bridgehead atoms. The van der Waals surface area contributed by atoms with Gasteiger partial charge in [0.25, 0.3) is 5.91 Å². The van der Waals surface area contributed by atoms with E-state index in [9.17, 15) is 24.9 Å². The first-order valence-corrected chi connectivity index (χ1v) is 11.5. The molecule has 1 heterocycles. The summed E-state index contributed by atoms with van der Waals surface area (Å²) in [5.74, 6) is -1.37. The molecular formula is C25H37N3O7. The van der Waals surface area contributed by atoms with Crippen molar-refractivity contribution < 1.29 is 34.8 Å².